The molecular weight excluding hydrogens is 216 g/mol. The summed E-state index contributed by atoms with van der Waals surface area (Å²) < 4.78 is 0. The predicted molar refractivity (Wildman–Crippen MR) is 64.4 cm³/mol. The predicted octanol–water partition coefficient (Wildman–Crippen LogP) is 1.34. The summed E-state index contributed by atoms with van der Waals surface area (Å²) in [6, 6.07) is 8.84. The molecule has 1 aromatic carbocycles. The zero-order valence-corrected chi connectivity index (χ0v) is 9.43. The zero-order valence-electron chi connectivity index (χ0n) is 9.43. The fourth-order valence-corrected chi connectivity index (χ4v) is 1.87. The fourth-order valence-electron chi connectivity index (χ4n) is 1.87. The second-order valence-corrected chi connectivity index (χ2v) is 3.93. The number of benzene rings is 1. The minimum absolute atomic E-state index is 0.182. The van der Waals surface area contributed by atoms with E-state index >= 15 is 0 Å². The first kappa shape index (κ1) is 11.4. The Morgan fingerprint density at radius 2 is 2.00 bits per heavy atom. The maximum Gasteiger partial charge on any atom is 0.325 e. The molecule has 2 rings (SSSR count). The van der Waals surface area contributed by atoms with Gasteiger partial charge in [0.25, 0.3) is 5.91 Å². The highest BCUT2D eigenvalue weighted by molar-refractivity contribution is 6.04. The van der Waals surface area contributed by atoms with Crippen LogP contribution in [0.1, 0.15) is 5.56 Å². The molecule has 0 bridgehead atoms. The Balaban J connectivity index is 2.07. The van der Waals surface area contributed by atoms with Gasteiger partial charge in [-0.3, -0.25) is 9.69 Å². The minimum Gasteiger partial charge on any atom is -0.325 e. The summed E-state index contributed by atoms with van der Waals surface area (Å²) in [7, 11) is 0. The lowest BCUT2D eigenvalue weighted by Crippen LogP contribution is -2.32. The Bertz CT molecular complexity index is 442. The van der Waals surface area contributed by atoms with Crippen molar-refractivity contribution in [1.82, 2.24) is 10.2 Å². The van der Waals surface area contributed by atoms with Crippen molar-refractivity contribution in [1.29, 1.82) is 0 Å². The number of urea groups is 1. The van der Waals surface area contributed by atoms with E-state index in [0.717, 1.165) is 5.56 Å². The monoisotopic (exact) mass is 230 g/mol. The normalized spacial score (nSPS) is 19.3. The van der Waals surface area contributed by atoms with Crippen LogP contribution >= 0.6 is 0 Å². The van der Waals surface area contributed by atoms with E-state index in [1.807, 2.05) is 30.3 Å². The molecule has 0 saturated carbocycles. The number of amides is 3. The Labute approximate surface area is 99.9 Å². The van der Waals surface area contributed by atoms with Crippen molar-refractivity contribution >= 4 is 11.9 Å². The van der Waals surface area contributed by atoms with Crippen molar-refractivity contribution in [2.24, 2.45) is 0 Å². The van der Waals surface area contributed by atoms with Gasteiger partial charge in [-0.1, -0.05) is 36.4 Å². The van der Waals surface area contributed by atoms with Crippen LogP contribution in [0.2, 0.25) is 0 Å². The number of imide groups is 1. The van der Waals surface area contributed by atoms with Crippen molar-refractivity contribution < 1.29 is 9.59 Å². The van der Waals surface area contributed by atoms with Crippen LogP contribution in [-0.2, 0) is 11.2 Å². The summed E-state index contributed by atoms with van der Waals surface area (Å²) in [5.74, 6) is -0.182. The lowest BCUT2D eigenvalue weighted by molar-refractivity contribution is -0.127. The molecule has 1 N–H and O–H groups in total. The number of rotatable bonds is 4. The average molecular weight is 230 g/mol. The molecule has 1 aliphatic heterocycles. The van der Waals surface area contributed by atoms with Crippen LogP contribution in [0.25, 0.3) is 0 Å². The molecule has 88 valence electrons. The van der Waals surface area contributed by atoms with Gasteiger partial charge in [0.15, 0.2) is 0 Å². The standard InChI is InChI=1S/C13H14N2O2/c1-2-8-15-12(16)11(14-13(15)17)9-10-6-4-3-5-7-10/h2-7,11H,1,8-9H2,(H,14,17). The fraction of sp³-hybridized carbons (Fsp3) is 0.231. The largest absolute Gasteiger partial charge is 0.325 e. The lowest BCUT2D eigenvalue weighted by Gasteiger charge is -2.10. The van der Waals surface area contributed by atoms with Crippen molar-refractivity contribution in [3.8, 4) is 0 Å². The first-order valence-corrected chi connectivity index (χ1v) is 5.49. The molecule has 4 heteroatoms. The highest BCUT2D eigenvalue weighted by Crippen LogP contribution is 2.11. The van der Waals surface area contributed by atoms with Crippen LogP contribution in [0.4, 0.5) is 4.79 Å². The van der Waals surface area contributed by atoms with E-state index in [4.69, 9.17) is 0 Å². The van der Waals surface area contributed by atoms with E-state index < -0.39 is 6.04 Å². The Morgan fingerprint density at radius 1 is 1.29 bits per heavy atom. The van der Waals surface area contributed by atoms with Gasteiger partial charge < -0.3 is 5.32 Å². The third-order valence-corrected chi connectivity index (χ3v) is 2.70. The molecule has 0 aromatic heterocycles. The van der Waals surface area contributed by atoms with Gasteiger partial charge in [-0.15, -0.1) is 6.58 Å². The maximum atomic E-state index is 11.9. The molecule has 4 nitrogen and oxygen atoms in total. The summed E-state index contributed by atoms with van der Waals surface area (Å²) in [6.45, 7) is 3.79. The molecule has 17 heavy (non-hydrogen) atoms. The summed E-state index contributed by atoms with van der Waals surface area (Å²) in [5.41, 5.74) is 1.03. The molecule has 1 heterocycles. The quantitative estimate of drug-likeness (QED) is 0.626. The van der Waals surface area contributed by atoms with Crippen molar-refractivity contribution in [3.63, 3.8) is 0 Å². The second kappa shape index (κ2) is 4.82. The van der Waals surface area contributed by atoms with Crippen LogP contribution in [0.15, 0.2) is 43.0 Å². The lowest BCUT2D eigenvalue weighted by atomic mass is 10.1. The Hall–Kier alpha value is -2.10. The first-order valence-electron chi connectivity index (χ1n) is 5.49. The van der Waals surface area contributed by atoms with Crippen LogP contribution < -0.4 is 5.32 Å². The number of nitrogens with one attached hydrogen (secondary N) is 1. The van der Waals surface area contributed by atoms with Crippen LogP contribution in [0, 0.1) is 0 Å². The number of hydrogen-bond donors (Lipinski definition) is 1. The SMILES string of the molecule is C=CCN1C(=O)NC(Cc2ccccc2)C1=O. The molecule has 0 radical (unpaired) electrons. The maximum absolute atomic E-state index is 11.9. The number of nitrogens with zero attached hydrogens (tertiary/aromatic N) is 1. The van der Waals surface area contributed by atoms with Gasteiger partial charge in [0.2, 0.25) is 0 Å². The summed E-state index contributed by atoms with van der Waals surface area (Å²) in [5, 5.41) is 2.68. The summed E-state index contributed by atoms with van der Waals surface area (Å²) in [6.07, 6.45) is 2.07. The van der Waals surface area contributed by atoms with E-state index in [1.54, 1.807) is 6.08 Å². The number of hydrogen-bond acceptors (Lipinski definition) is 2. The Kier molecular flexibility index (Phi) is 3.23. The van der Waals surface area contributed by atoms with Crippen molar-refractivity contribution in [2.45, 2.75) is 12.5 Å². The third-order valence-electron chi connectivity index (χ3n) is 2.70. The number of carbonyl (C=O) groups is 2. The van der Waals surface area contributed by atoms with Crippen LogP contribution in [0.3, 0.4) is 0 Å². The molecule has 3 amide bonds. The minimum atomic E-state index is -0.454. The highest BCUT2D eigenvalue weighted by Gasteiger charge is 2.36. The molecule has 1 aliphatic rings. The van der Waals surface area contributed by atoms with Gasteiger partial charge in [0.1, 0.15) is 6.04 Å². The van der Waals surface area contributed by atoms with Crippen molar-refractivity contribution in [3.05, 3.63) is 48.6 Å². The molecule has 1 fully saturated rings. The van der Waals surface area contributed by atoms with E-state index in [-0.39, 0.29) is 18.5 Å². The van der Waals surface area contributed by atoms with Gasteiger partial charge in [-0.25, -0.2) is 4.79 Å². The van der Waals surface area contributed by atoms with Crippen molar-refractivity contribution in [2.75, 3.05) is 6.54 Å². The van der Waals surface area contributed by atoms with Crippen LogP contribution in [-0.4, -0.2) is 29.4 Å². The zero-order chi connectivity index (χ0) is 12.3. The first-order chi connectivity index (χ1) is 8.22. The topological polar surface area (TPSA) is 49.4 Å². The van der Waals surface area contributed by atoms with Gasteiger partial charge >= 0.3 is 6.03 Å². The third kappa shape index (κ3) is 2.36. The molecule has 1 saturated heterocycles. The van der Waals surface area contributed by atoms with Gasteiger partial charge in [-0.05, 0) is 5.56 Å². The Morgan fingerprint density at radius 3 is 2.65 bits per heavy atom. The number of carbonyl (C=O) groups excluding carboxylic acids is 2. The molecule has 0 aliphatic carbocycles. The van der Waals surface area contributed by atoms with E-state index in [9.17, 15) is 9.59 Å². The molecule has 1 atom stereocenters. The van der Waals surface area contributed by atoms with Gasteiger partial charge in [-0.2, -0.15) is 0 Å². The van der Waals surface area contributed by atoms with E-state index in [1.165, 1.54) is 4.90 Å². The van der Waals surface area contributed by atoms with Crippen LogP contribution in [0.5, 0.6) is 0 Å². The molecule has 1 unspecified atom stereocenters. The molecule has 0 spiro atoms. The highest BCUT2D eigenvalue weighted by atomic mass is 16.2. The molecule has 1 aromatic rings. The average Bonchev–Trinajstić information content (AvgIpc) is 2.59. The van der Waals surface area contributed by atoms with E-state index in [2.05, 4.69) is 11.9 Å². The van der Waals surface area contributed by atoms with E-state index in [0.29, 0.717) is 6.42 Å². The second-order valence-electron chi connectivity index (χ2n) is 3.93. The molecular formula is C13H14N2O2. The smallest absolute Gasteiger partial charge is 0.325 e. The summed E-state index contributed by atoms with van der Waals surface area (Å²) >= 11 is 0. The van der Waals surface area contributed by atoms with Gasteiger partial charge in [0.05, 0.1) is 0 Å². The van der Waals surface area contributed by atoms with Gasteiger partial charge in [0, 0.05) is 13.0 Å². The summed E-state index contributed by atoms with van der Waals surface area (Å²) in [4.78, 5) is 24.6.